The molecule has 0 saturated heterocycles. The van der Waals surface area contributed by atoms with Crippen LogP contribution in [0.3, 0.4) is 0 Å². The minimum absolute atomic E-state index is 0.491. The zero-order chi connectivity index (χ0) is 17.0. The van der Waals surface area contributed by atoms with E-state index in [-0.39, 0.29) is 0 Å². The van der Waals surface area contributed by atoms with Crippen molar-refractivity contribution in [3.63, 3.8) is 0 Å². The molecule has 0 radical (unpaired) electrons. The molecule has 0 amide bonds. The first kappa shape index (κ1) is 16.6. The van der Waals surface area contributed by atoms with Gasteiger partial charge < -0.3 is 9.46 Å². The van der Waals surface area contributed by atoms with E-state index in [4.69, 9.17) is 0 Å². The van der Waals surface area contributed by atoms with Crippen molar-refractivity contribution in [2.45, 2.75) is 0 Å². The van der Waals surface area contributed by atoms with Crippen molar-refractivity contribution in [2.24, 2.45) is 4.99 Å². The Bertz CT molecular complexity index is 834. The molecular weight excluding hydrogens is 339 g/mol. The molecule has 2 aromatic carbocycles. The van der Waals surface area contributed by atoms with Gasteiger partial charge in [0.25, 0.3) is 0 Å². The first-order chi connectivity index (χ1) is 11.6. The lowest BCUT2D eigenvalue weighted by atomic mass is 10.4. The van der Waals surface area contributed by atoms with Gasteiger partial charge in [-0.3, -0.25) is 0 Å². The lowest BCUT2D eigenvalue weighted by Gasteiger charge is -2.15. The Hall–Kier alpha value is -2.30. The number of nitrogens with zero attached hydrogens (tertiary/aromatic N) is 4. The standard InChI is InChI=1S/C17H17N4OPS/c1-21(2)13-18-16-19-20-17(24-16)23(22,14-9-5-3-6-10-14)15-11-7-4-8-12-15/h3-13H,1-2H3/b18-13+. The molecule has 0 bridgehead atoms. The lowest BCUT2D eigenvalue weighted by molar-refractivity contribution is 0.592. The van der Waals surface area contributed by atoms with Crippen LogP contribution in [0.5, 0.6) is 0 Å². The maximum Gasteiger partial charge on any atom is 0.233 e. The highest BCUT2D eigenvalue weighted by molar-refractivity contribution is 7.89. The van der Waals surface area contributed by atoms with Gasteiger partial charge in [-0.2, -0.15) is 0 Å². The Morgan fingerprint density at radius 3 is 2.00 bits per heavy atom. The highest BCUT2D eigenvalue weighted by Gasteiger charge is 2.33. The molecule has 3 rings (SSSR count). The summed E-state index contributed by atoms with van der Waals surface area (Å²) in [5.41, 5.74) is 0. The number of hydrogen-bond acceptors (Lipinski definition) is 5. The van der Waals surface area contributed by atoms with Gasteiger partial charge >= 0.3 is 0 Å². The van der Waals surface area contributed by atoms with Crippen molar-refractivity contribution in [1.29, 1.82) is 0 Å². The van der Waals surface area contributed by atoms with Crippen LogP contribution >= 0.6 is 18.5 Å². The number of aromatic nitrogens is 2. The predicted octanol–water partition coefficient (Wildman–Crippen LogP) is 2.40. The van der Waals surface area contributed by atoms with Crippen LogP contribution < -0.4 is 15.4 Å². The van der Waals surface area contributed by atoms with Crippen LogP contribution in [-0.2, 0) is 4.57 Å². The fourth-order valence-electron chi connectivity index (χ4n) is 2.20. The second-order valence-electron chi connectivity index (χ2n) is 5.36. The van der Waals surface area contributed by atoms with E-state index in [0.717, 1.165) is 10.6 Å². The Labute approximate surface area is 145 Å². The van der Waals surface area contributed by atoms with Gasteiger partial charge in [0, 0.05) is 24.7 Å². The fraction of sp³-hybridized carbons (Fsp3) is 0.118. The monoisotopic (exact) mass is 356 g/mol. The van der Waals surface area contributed by atoms with Crippen LogP contribution in [0.1, 0.15) is 0 Å². The minimum atomic E-state index is -3.05. The zero-order valence-corrected chi connectivity index (χ0v) is 15.1. The highest BCUT2D eigenvalue weighted by Crippen LogP contribution is 2.43. The summed E-state index contributed by atoms with van der Waals surface area (Å²) in [6.07, 6.45) is 1.65. The van der Waals surface area contributed by atoms with Crippen LogP contribution in [0.2, 0.25) is 0 Å². The first-order valence-electron chi connectivity index (χ1n) is 7.36. The van der Waals surface area contributed by atoms with Gasteiger partial charge in [-0.1, -0.05) is 72.0 Å². The first-order valence-corrected chi connectivity index (χ1v) is 9.89. The number of rotatable bonds is 5. The molecule has 7 heteroatoms. The van der Waals surface area contributed by atoms with Crippen molar-refractivity contribution in [2.75, 3.05) is 14.1 Å². The molecule has 24 heavy (non-hydrogen) atoms. The molecule has 3 aromatic rings. The third kappa shape index (κ3) is 3.30. The van der Waals surface area contributed by atoms with Gasteiger partial charge in [0.1, 0.15) is 0 Å². The molecule has 5 nitrogen and oxygen atoms in total. The molecule has 0 fully saturated rings. The molecule has 1 heterocycles. The van der Waals surface area contributed by atoms with Gasteiger partial charge in [0.15, 0.2) is 11.9 Å². The largest absolute Gasteiger partial charge is 0.369 e. The summed E-state index contributed by atoms with van der Waals surface area (Å²) in [4.78, 5) is 6.07. The highest BCUT2D eigenvalue weighted by atomic mass is 32.1. The Kier molecular flexibility index (Phi) is 4.88. The average molecular weight is 356 g/mol. The van der Waals surface area contributed by atoms with Crippen molar-refractivity contribution in [1.82, 2.24) is 15.1 Å². The summed E-state index contributed by atoms with van der Waals surface area (Å²) < 4.78 is 14.5. The molecule has 0 unspecified atom stereocenters. The van der Waals surface area contributed by atoms with E-state index < -0.39 is 7.14 Å². The SMILES string of the molecule is CN(C)/C=N/c1nnc(P(=O)(c2ccccc2)c2ccccc2)s1. The third-order valence-corrected chi connectivity index (χ3v) is 7.67. The summed E-state index contributed by atoms with van der Waals surface area (Å²) >= 11 is 1.26. The summed E-state index contributed by atoms with van der Waals surface area (Å²) in [5, 5.41) is 10.3. The van der Waals surface area contributed by atoms with E-state index >= 15 is 0 Å². The van der Waals surface area contributed by atoms with Gasteiger partial charge in [-0.05, 0) is 0 Å². The Balaban J connectivity index is 2.12. The fourth-order valence-corrected chi connectivity index (χ4v) is 6.11. The van der Waals surface area contributed by atoms with Gasteiger partial charge in [-0.15, -0.1) is 10.2 Å². The molecule has 0 aliphatic carbocycles. The Morgan fingerprint density at radius 2 is 1.50 bits per heavy atom. The van der Waals surface area contributed by atoms with Crippen molar-refractivity contribution >= 4 is 45.3 Å². The molecule has 0 spiro atoms. The van der Waals surface area contributed by atoms with Crippen LogP contribution in [-0.4, -0.2) is 35.5 Å². The number of hydrogen-bond donors (Lipinski definition) is 0. The van der Waals surface area contributed by atoms with Gasteiger partial charge in [-0.25, -0.2) is 4.99 Å². The zero-order valence-electron chi connectivity index (χ0n) is 13.4. The molecule has 0 atom stereocenters. The van der Waals surface area contributed by atoms with E-state index in [1.54, 1.807) is 6.34 Å². The Morgan fingerprint density at radius 1 is 0.958 bits per heavy atom. The van der Waals surface area contributed by atoms with Crippen LogP contribution in [0.15, 0.2) is 65.7 Å². The third-order valence-electron chi connectivity index (χ3n) is 3.31. The molecule has 0 aliphatic heterocycles. The summed E-state index contributed by atoms with van der Waals surface area (Å²) in [7, 11) is 0.713. The minimum Gasteiger partial charge on any atom is -0.369 e. The van der Waals surface area contributed by atoms with Crippen molar-refractivity contribution < 1.29 is 4.57 Å². The maximum absolute atomic E-state index is 14.0. The number of benzene rings is 2. The predicted molar refractivity (Wildman–Crippen MR) is 101 cm³/mol. The second-order valence-corrected chi connectivity index (χ2v) is 9.29. The van der Waals surface area contributed by atoms with Gasteiger partial charge in [0.05, 0.1) is 6.34 Å². The molecule has 0 aliphatic rings. The quantitative estimate of drug-likeness (QED) is 0.400. The van der Waals surface area contributed by atoms with Crippen LogP contribution in [0.25, 0.3) is 0 Å². The van der Waals surface area contributed by atoms with Crippen molar-refractivity contribution in [3.05, 3.63) is 60.7 Å². The lowest BCUT2D eigenvalue weighted by Crippen LogP contribution is -2.24. The van der Waals surface area contributed by atoms with E-state index in [0.29, 0.717) is 9.88 Å². The average Bonchev–Trinajstić information content (AvgIpc) is 3.10. The summed E-state index contributed by atoms with van der Waals surface area (Å²) in [5.74, 6) is 0. The second kappa shape index (κ2) is 7.07. The van der Waals surface area contributed by atoms with E-state index in [9.17, 15) is 4.57 Å². The molecule has 0 saturated carbocycles. The molecule has 0 N–H and O–H groups in total. The maximum atomic E-state index is 14.0. The van der Waals surface area contributed by atoms with Gasteiger partial charge in [0.2, 0.25) is 5.13 Å². The van der Waals surface area contributed by atoms with Crippen molar-refractivity contribution in [3.8, 4) is 0 Å². The topological polar surface area (TPSA) is 58.5 Å². The van der Waals surface area contributed by atoms with E-state index in [1.807, 2.05) is 79.7 Å². The van der Waals surface area contributed by atoms with E-state index in [2.05, 4.69) is 15.2 Å². The van der Waals surface area contributed by atoms with Crippen LogP contribution in [0, 0.1) is 0 Å². The molecule has 122 valence electrons. The number of aliphatic imine (C=N–C) groups is 1. The molecule has 1 aromatic heterocycles. The molecular formula is C17H17N4OPS. The van der Waals surface area contributed by atoms with E-state index in [1.165, 1.54) is 11.3 Å². The normalized spacial score (nSPS) is 11.8. The summed E-state index contributed by atoms with van der Waals surface area (Å²) in [6.45, 7) is 0. The summed E-state index contributed by atoms with van der Waals surface area (Å²) in [6, 6.07) is 18.9. The van der Waals surface area contributed by atoms with Crippen LogP contribution in [0.4, 0.5) is 5.13 Å². The smallest absolute Gasteiger partial charge is 0.233 e.